The molecule has 6 atom stereocenters. The zero-order valence-corrected chi connectivity index (χ0v) is 11.9. The Hall–Kier alpha value is -0.450. The summed E-state index contributed by atoms with van der Waals surface area (Å²) < 4.78 is 0. The van der Waals surface area contributed by atoms with Gasteiger partial charge in [0.25, 0.3) is 0 Å². The van der Waals surface area contributed by atoms with Crippen LogP contribution in [0, 0.1) is 28.6 Å². The zero-order chi connectivity index (χ0) is 14.2. The van der Waals surface area contributed by atoms with Gasteiger partial charge >= 0.3 is 0 Å². The van der Waals surface area contributed by atoms with Crippen molar-refractivity contribution in [3.63, 3.8) is 0 Å². The van der Waals surface area contributed by atoms with Gasteiger partial charge in [0.15, 0.2) is 0 Å². The molecule has 19 heavy (non-hydrogen) atoms. The van der Waals surface area contributed by atoms with Crippen molar-refractivity contribution in [3.05, 3.63) is 0 Å². The number of Topliss-reactive ketones (excluding diaryl/α,β-unsaturated/α-hetero) is 1. The second-order valence-electron chi connectivity index (χ2n) is 7.57. The van der Waals surface area contributed by atoms with Gasteiger partial charge in [-0.05, 0) is 44.9 Å². The van der Waals surface area contributed by atoms with Gasteiger partial charge in [-0.15, -0.1) is 0 Å². The fourth-order valence-corrected chi connectivity index (χ4v) is 5.49. The summed E-state index contributed by atoms with van der Waals surface area (Å²) in [7, 11) is 0. The Bertz CT molecular complexity index is 426. The van der Waals surface area contributed by atoms with Gasteiger partial charge in [-0.25, -0.2) is 0 Å². The van der Waals surface area contributed by atoms with Gasteiger partial charge in [0.05, 0.1) is 23.7 Å². The van der Waals surface area contributed by atoms with E-state index < -0.39 is 22.5 Å². The lowest BCUT2D eigenvalue weighted by molar-refractivity contribution is -0.138. The normalized spacial score (nSPS) is 52.8. The number of hydrogen-bond donors (Lipinski definition) is 3. The van der Waals surface area contributed by atoms with Crippen LogP contribution in [0.3, 0.4) is 0 Å². The monoisotopic (exact) mass is 268 g/mol. The standard InChI is InChI=1S/C15H24O4/c1-13(2,19)9-6-10(17)14(3)8-4-5-15(14,7-16)12(18)11(8)9/h8-11,16-17,19H,4-7H2,1-3H3/t8-,9+,10+,11+,14-,15-/m0/s1. The number of ketones is 1. The molecule has 0 aromatic carbocycles. The summed E-state index contributed by atoms with van der Waals surface area (Å²) >= 11 is 0. The fourth-order valence-electron chi connectivity index (χ4n) is 5.49. The SMILES string of the molecule is CC(C)(O)[C@@H]1C[C@@H](O)[C@]2(C)[C@H]3CC[C@]2(CO)C(=O)[C@@H]13. The first-order chi connectivity index (χ1) is 8.70. The van der Waals surface area contributed by atoms with E-state index >= 15 is 0 Å². The van der Waals surface area contributed by atoms with Crippen LogP contribution < -0.4 is 0 Å². The van der Waals surface area contributed by atoms with Gasteiger partial charge in [0.1, 0.15) is 5.78 Å². The number of rotatable bonds is 2. The molecule has 3 aliphatic rings. The maximum absolute atomic E-state index is 12.8. The van der Waals surface area contributed by atoms with Crippen LogP contribution in [0.1, 0.15) is 40.0 Å². The molecule has 0 unspecified atom stereocenters. The van der Waals surface area contributed by atoms with Crippen molar-refractivity contribution in [3.8, 4) is 0 Å². The molecule has 3 rings (SSSR count). The molecule has 0 saturated heterocycles. The first kappa shape index (κ1) is 13.5. The number of aliphatic hydroxyl groups is 3. The number of carbonyl (C=O) groups excluding carboxylic acids is 1. The van der Waals surface area contributed by atoms with E-state index in [4.69, 9.17) is 0 Å². The summed E-state index contributed by atoms with van der Waals surface area (Å²) in [6.07, 6.45) is 1.38. The summed E-state index contributed by atoms with van der Waals surface area (Å²) in [5, 5.41) is 30.8. The highest BCUT2D eigenvalue weighted by Gasteiger charge is 2.76. The van der Waals surface area contributed by atoms with Crippen molar-refractivity contribution in [1.82, 2.24) is 0 Å². The molecule has 0 aromatic heterocycles. The van der Waals surface area contributed by atoms with E-state index in [1.165, 1.54) is 0 Å². The number of hydrogen-bond acceptors (Lipinski definition) is 4. The Balaban J connectivity index is 2.13. The molecule has 0 spiro atoms. The molecular formula is C15H24O4. The Morgan fingerprint density at radius 3 is 2.58 bits per heavy atom. The lowest BCUT2D eigenvalue weighted by Crippen LogP contribution is -2.51. The molecule has 0 radical (unpaired) electrons. The van der Waals surface area contributed by atoms with Crippen LogP contribution in [0.5, 0.6) is 0 Å². The maximum atomic E-state index is 12.8. The van der Waals surface area contributed by atoms with E-state index in [9.17, 15) is 20.1 Å². The van der Waals surface area contributed by atoms with Crippen LogP contribution in [-0.2, 0) is 4.79 Å². The summed E-state index contributed by atoms with van der Waals surface area (Å²) in [5.41, 5.74) is -2.25. The molecule has 0 aromatic rings. The van der Waals surface area contributed by atoms with Crippen molar-refractivity contribution in [2.75, 3.05) is 6.61 Å². The molecule has 0 aliphatic heterocycles. The molecule has 108 valence electrons. The molecule has 3 aliphatic carbocycles. The van der Waals surface area contributed by atoms with Gasteiger partial charge in [0.2, 0.25) is 0 Å². The van der Waals surface area contributed by atoms with Crippen molar-refractivity contribution in [1.29, 1.82) is 0 Å². The summed E-state index contributed by atoms with van der Waals surface area (Å²) in [6.45, 7) is 5.23. The van der Waals surface area contributed by atoms with Crippen LogP contribution in [0.25, 0.3) is 0 Å². The minimum absolute atomic E-state index is 0.0809. The van der Waals surface area contributed by atoms with Gasteiger partial charge in [-0.2, -0.15) is 0 Å². The minimum atomic E-state index is -0.968. The van der Waals surface area contributed by atoms with E-state index in [0.717, 1.165) is 6.42 Å². The van der Waals surface area contributed by atoms with Crippen molar-refractivity contribution >= 4 is 5.78 Å². The molecule has 4 heteroatoms. The molecule has 4 nitrogen and oxygen atoms in total. The van der Waals surface area contributed by atoms with E-state index in [1.54, 1.807) is 13.8 Å². The van der Waals surface area contributed by atoms with Crippen molar-refractivity contribution in [2.45, 2.75) is 51.7 Å². The minimum Gasteiger partial charge on any atom is -0.395 e. The van der Waals surface area contributed by atoms with E-state index in [0.29, 0.717) is 12.8 Å². The van der Waals surface area contributed by atoms with Gasteiger partial charge in [-0.3, -0.25) is 4.79 Å². The predicted molar refractivity (Wildman–Crippen MR) is 69.3 cm³/mol. The van der Waals surface area contributed by atoms with Crippen LogP contribution in [0.15, 0.2) is 0 Å². The average Bonchev–Trinajstić information content (AvgIpc) is 2.69. The van der Waals surface area contributed by atoms with Crippen molar-refractivity contribution < 1.29 is 20.1 Å². The quantitative estimate of drug-likeness (QED) is 0.690. The van der Waals surface area contributed by atoms with Gasteiger partial charge in [-0.1, -0.05) is 6.92 Å². The number of carbonyl (C=O) groups is 1. The molecule has 3 N–H and O–H groups in total. The molecule has 0 amide bonds. The highest BCUT2D eigenvalue weighted by Crippen LogP contribution is 2.72. The Morgan fingerprint density at radius 1 is 1.42 bits per heavy atom. The molecule has 4 bridgehead atoms. The van der Waals surface area contributed by atoms with E-state index in [2.05, 4.69) is 0 Å². The maximum Gasteiger partial charge on any atom is 0.145 e. The van der Waals surface area contributed by atoms with Crippen LogP contribution in [-0.4, -0.2) is 39.4 Å². The lowest BCUT2D eigenvalue weighted by Gasteiger charge is -2.48. The third kappa shape index (κ3) is 1.28. The molecule has 0 heterocycles. The number of aliphatic hydroxyl groups excluding tert-OH is 2. The second kappa shape index (κ2) is 3.60. The molecule has 3 fully saturated rings. The summed E-state index contributed by atoms with van der Waals surface area (Å²) in [4.78, 5) is 12.8. The fraction of sp³-hybridized carbons (Fsp3) is 0.933. The Kier molecular flexibility index (Phi) is 2.56. The second-order valence-corrected chi connectivity index (χ2v) is 7.57. The van der Waals surface area contributed by atoms with Crippen molar-refractivity contribution in [2.24, 2.45) is 28.6 Å². The molecular weight excluding hydrogens is 244 g/mol. The van der Waals surface area contributed by atoms with Crippen LogP contribution in [0.2, 0.25) is 0 Å². The zero-order valence-electron chi connectivity index (χ0n) is 11.9. The Labute approximate surface area is 113 Å². The van der Waals surface area contributed by atoms with E-state index in [-0.39, 0.29) is 30.1 Å². The third-order valence-electron chi connectivity index (χ3n) is 6.67. The van der Waals surface area contributed by atoms with E-state index in [1.807, 2.05) is 6.92 Å². The topological polar surface area (TPSA) is 77.8 Å². The average molecular weight is 268 g/mol. The third-order valence-corrected chi connectivity index (χ3v) is 6.67. The first-order valence-corrected chi connectivity index (χ1v) is 7.26. The first-order valence-electron chi connectivity index (χ1n) is 7.26. The van der Waals surface area contributed by atoms with Crippen LogP contribution >= 0.6 is 0 Å². The van der Waals surface area contributed by atoms with Gasteiger partial charge < -0.3 is 15.3 Å². The van der Waals surface area contributed by atoms with Crippen LogP contribution in [0.4, 0.5) is 0 Å². The predicted octanol–water partition coefficient (Wildman–Crippen LogP) is 0.732. The van der Waals surface area contributed by atoms with Gasteiger partial charge in [0, 0.05) is 11.3 Å². The largest absolute Gasteiger partial charge is 0.395 e. The summed E-state index contributed by atoms with van der Waals surface area (Å²) in [5.74, 6) is -0.221. The Morgan fingerprint density at radius 2 is 2.05 bits per heavy atom. The lowest BCUT2D eigenvalue weighted by atomic mass is 9.59. The highest BCUT2D eigenvalue weighted by atomic mass is 16.3. The summed E-state index contributed by atoms with van der Waals surface area (Å²) in [6, 6.07) is 0. The highest BCUT2D eigenvalue weighted by molar-refractivity contribution is 5.93. The molecule has 3 saturated carbocycles. The smallest absolute Gasteiger partial charge is 0.145 e.